The lowest BCUT2D eigenvalue weighted by molar-refractivity contribution is -0.125. The van der Waals surface area contributed by atoms with Gasteiger partial charge >= 0.3 is 0 Å². The van der Waals surface area contributed by atoms with Gasteiger partial charge < -0.3 is 15.8 Å². The Morgan fingerprint density at radius 2 is 2.47 bits per heavy atom. The van der Waals surface area contributed by atoms with Gasteiger partial charge in [0.05, 0.1) is 12.0 Å². The number of nitrogens with one attached hydrogen (secondary N) is 1. The van der Waals surface area contributed by atoms with Crippen LogP contribution >= 0.6 is 0 Å². The van der Waals surface area contributed by atoms with Crippen LogP contribution in [0.1, 0.15) is 32.6 Å². The fraction of sp³-hybridized carbons (Fsp3) is 0.909. The first kappa shape index (κ1) is 12.5. The Balaban J connectivity index is 2.29. The van der Waals surface area contributed by atoms with Crippen LogP contribution in [0.2, 0.25) is 0 Å². The minimum atomic E-state index is -0.0837. The fourth-order valence-corrected chi connectivity index (χ4v) is 1.85. The molecule has 0 bridgehead atoms. The molecule has 1 aliphatic heterocycles. The van der Waals surface area contributed by atoms with E-state index in [1.54, 1.807) is 0 Å². The first-order chi connectivity index (χ1) is 7.27. The summed E-state index contributed by atoms with van der Waals surface area (Å²) in [5.41, 5.74) is 5.61. The highest BCUT2D eigenvalue weighted by Gasteiger charge is 2.24. The highest BCUT2D eigenvalue weighted by atomic mass is 16.5. The molecule has 0 aromatic heterocycles. The molecule has 0 aromatic carbocycles. The number of carbonyl (C=O) groups excluding carboxylic acids is 1. The van der Waals surface area contributed by atoms with Crippen LogP contribution in [-0.4, -0.2) is 31.7 Å². The van der Waals surface area contributed by atoms with E-state index in [-0.39, 0.29) is 17.9 Å². The number of carbonyl (C=O) groups is 1. The van der Waals surface area contributed by atoms with Crippen LogP contribution < -0.4 is 11.1 Å². The quantitative estimate of drug-likeness (QED) is 0.682. The average Bonchev–Trinajstić information content (AvgIpc) is 2.75. The third kappa shape index (κ3) is 4.18. The Hall–Kier alpha value is -0.610. The number of amides is 1. The second-order valence-electron chi connectivity index (χ2n) is 4.09. The molecule has 15 heavy (non-hydrogen) atoms. The van der Waals surface area contributed by atoms with Crippen molar-refractivity contribution in [2.75, 3.05) is 19.7 Å². The lowest BCUT2D eigenvalue weighted by Gasteiger charge is -2.18. The van der Waals surface area contributed by atoms with Crippen molar-refractivity contribution in [2.45, 2.75) is 38.7 Å². The second kappa shape index (κ2) is 6.80. The van der Waals surface area contributed by atoms with Gasteiger partial charge in [0.1, 0.15) is 0 Å². The molecule has 0 spiro atoms. The lowest BCUT2D eigenvalue weighted by atomic mass is 9.99. The summed E-state index contributed by atoms with van der Waals surface area (Å²) in [6.45, 7) is 4.02. The van der Waals surface area contributed by atoms with Crippen molar-refractivity contribution in [3.63, 3.8) is 0 Å². The van der Waals surface area contributed by atoms with Crippen molar-refractivity contribution in [2.24, 2.45) is 11.7 Å². The molecule has 88 valence electrons. The summed E-state index contributed by atoms with van der Waals surface area (Å²) in [4.78, 5) is 11.7. The number of nitrogens with two attached hydrogens (primary N) is 1. The molecular formula is C11H22N2O2. The van der Waals surface area contributed by atoms with Crippen molar-refractivity contribution < 1.29 is 9.53 Å². The van der Waals surface area contributed by atoms with Gasteiger partial charge in [0.25, 0.3) is 0 Å². The van der Waals surface area contributed by atoms with E-state index in [9.17, 15) is 4.79 Å². The van der Waals surface area contributed by atoms with Crippen LogP contribution in [0.25, 0.3) is 0 Å². The molecule has 1 rings (SSSR count). The van der Waals surface area contributed by atoms with Crippen LogP contribution in [0.15, 0.2) is 0 Å². The van der Waals surface area contributed by atoms with Gasteiger partial charge in [-0.15, -0.1) is 0 Å². The Morgan fingerprint density at radius 1 is 1.67 bits per heavy atom. The molecule has 1 aliphatic rings. The summed E-state index contributed by atoms with van der Waals surface area (Å²) in [5, 5.41) is 2.88. The zero-order valence-corrected chi connectivity index (χ0v) is 9.50. The average molecular weight is 214 g/mol. The first-order valence-electron chi connectivity index (χ1n) is 5.87. The van der Waals surface area contributed by atoms with Crippen molar-refractivity contribution in [1.29, 1.82) is 0 Å². The zero-order chi connectivity index (χ0) is 11.1. The van der Waals surface area contributed by atoms with Crippen LogP contribution in [0, 0.1) is 5.92 Å². The topological polar surface area (TPSA) is 64.4 Å². The molecule has 0 aromatic rings. The van der Waals surface area contributed by atoms with Gasteiger partial charge in [-0.3, -0.25) is 4.79 Å². The summed E-state index contributed by atoms with van der Waals surface area (Å²) >= 11 is 0. The van der Waals surface area contributed by atoms with E-state index in [4.69, 9.17) is 10.5 Å². The normalized spacial score (nSPS) is 22.7. The molecule has 3 N–H and O–H groups in total. The minimum Gasteiger partial charge on any atom is -0.378 e. The van der Waals surface area contributed by atoms with Crippen LogP contribution in [0.5, 0.6) is 0 Å². The molecule has 4 nitrogen and oxygen atoms in total. The third-order valence-electron chi connectivity index (χ3n) is 2.78. The standard InChI is InChI=1S/C11H22N2O2/c1-2-5-13-11(14)9(8-12)7-10-4-3-6-15-10/h9-10H,2-8,12H2,1H3,(H,13,14). The van der Waals surface area contributed by atoms with Gasteiger partial charge in [0.2, 0.25) is 5.91 Å². The van der Waals surface area contributed by atoms with E-state index in [0.29, 0.717) is 6.54 Å². The maximum absolute atomic E-state index is 11.7. The molecule has 0 aliphatic carbocycles. The molecule has 1 saturated heterocycles. The Morgan fingerprint density at radius 3 is 3.00 bits per heavy atom. The largest absolute Gasteiger partial charge is 0.378 e. The highest BCUT2D eigenvalue weighted by Crippen LogP contribution is 2.19. The van der Waals surface area contributed by atoms with Crippen LogP contribution in [0.4, 0.5) is 0 Å². The van der Waals surface area contributed by atoms with Crippen LogP contribution in [-0.2, 0) is 9.53 Å². The van der Waals surface area contributed by atoms with E-state index >= 15 is 0 Å². The number of ether oxygens (including phenoxy) is 1. The molecule has 2 unspecified atom stereocenters. The number of hydrogen-bond acceptors (Lipinski definition) is 3. The number of hydrogen-bond donors (Lipinski definition) is 2. The predicted octanol–water partition coefficient (Wildman–Crippen LogP) is 0.657. The lowest BCUT2D eigenvalue weighted by Crippen LogP contribution is -2.37. The molecule has 2 atom stereocenters. The highest BCUT2D eigenvalue weighted by molar-refractivity contribution is 5.78. The summed E-state index contributed by atoms with van der Waals surface area (Å²) in [5.74, 6) is -0.00509. The van der Waals surface area contributed by atoms with Crippen molar-refractivity contribution in [3.8, 4) is 0 Å². The Labute approximate surface area is 91.5 Å². The number of rotatable bonds is 6. The van der Waals surface area contributed by atoms with Gasteiger partial charge in [-0.25, -0.2) is 0 Å². The molecule has 0 radical (unpaired) electrons. The second-order valence-corrected chi connectivity index (χ2v) is 4.09. The van der Waals surface area contributed by atoms with Crippen molar-refractivity contribution in [3.05, 3.63) is 0 Å². The molecular weight excluding hydrogens is 192 g/mol. The molecule has 1 heterocycles. The van der Waals surface area contributed by atoms with E-state index in [0.717, 1.165) is 38.8 Å². The van der Waals surface area contributed by atoms with E-state index in [1.807, 2.05) is 6.92 Å². The van der Waals surface area contributed by atoms with Gasteiger partial charge in [-0.2, -0.15) is 0 Å². The zero-order valence-electron chi connectivity index (χ0n) is 9.50. The molecule has 1 amide bonds. The summed E-state index contributed by atoms with van der Waals surface area (Å²) in [7, 11) is 0. The van der Waals surface area contributed by atoms with Gasteiger partial charge in [-0.1, -0.05) is 6.92 Å². The van der Waals surface area contributed by atoms with Gasteiger partial charge in [0, 0.05) is 19.7 Å². The van der Waals surface area contributed by atoms with Gasteiger partial charge in [0.15, 0.2) is 0 Å². The third-order valence-corrected chi connectivity index (χ3v) is 2.78. The first-order valence-corrected chi connectivity index (χ1v) is 5.87. The summed E-state index contributed by atoms with van der Waals surface area (Å²) < 4.78 is 5.50. The molecule has 4 heteroatoms. The van der Waals surface area contributed by atoms with E-state index in [2.05, 4.69) is 5.32 Å². The van der Waals surface area contributed by atoms with Gasteiger partial charge in [-0.05, 0) is 25.7 Å². The van der Waals surface area contributed by atoms with Crippen LogP contribution in [0.3, 0.4) is 0 Å². The summed E-state index contributed by atoms with van der Waals surface area (Å²) in [6.07, 6.45) is 4.15. The minimum absolute atomic E-state index is 0.0786. The van der Waals surface area contributed by atoms with Crippen molar-refractivity contribution in [1.82, 2.24) is 5.32 Å². The maximum Gasteiger partial charge on any atom is 0.224 e. The molecule has 1 fully saturated rings. The molecule has 0 saturated carbocycles. The van der Waals surface area contributed by atoms with E-state index < -0.39 is 0 Å². The fourth-order valence-electron chi connectivity index (χ4n) is 1.85. The maximum atomic E-state index is 11.7. The smallest absolute Gasteiger partial charge is 0.224 e. The summed E-state index contributed by atoms with van der Waals surface area (Å²) in [6, 6.07) is 0. The van der Waals surface area contributed by atoms with E-state index in [1.165, 1.54) is 0 Å². The monoisotopic (exact) mass is 214 g/mol. The Kier molecular flexibility index (Phi) is 5.65. The Bertz CT molecular complexity index is 191. The predicted molar refractivity (Wildman–Crippen MR) is 59.4 cm³/mol. The van der Waals surface area contributed by atoms with Crippen molar-refractivity contribution >= 4 is 5.91 Å². The SMILES string of the molecule is CCCNC(=O)C(CN)CC1CCCO1.